The van der Waals surface area contributed by atoms with Gasteiger partial charge in [-0.2, -0.15) is 10.2 Å². The number of carbonyl (C=O) groups is 6. The van der Waals surface area contributed by atoms with E-state index in [-0.39, 0.29) is 174 Å². The van der Waals surface area contributed by atoms with Gasteiger partial charge in [-0.05, 0) is 24.3 Å². The summed E-state index contributed by atoms with van der Waals surface area (Å²) in [4.78, 5) is 101. The van der Waals surface area contributed by atoms with E-state index < -0.39 is 35.8 Å². The van der Waals surface area contributed by atoms with Crippen molar-refractivity contribution in [3.63, 3.8) is 0 Å². The fourth-order valence-electron chi connectivity index (χ4n) is 8.19. The fraction of sp³-hybridized carbons (Fsp3) is 0.522. The standard InChI is InChI=1S/2C23H32N8O6.8ClH.La/c2*32-21(33)14-29-6-4-28(13-18-2-1-3-19(27-18)20-12-25-26-17-24-20)5-7-30(15-22(34)35)9-11-31(10-8-29)16-23(36)37;;;;;;;;;/h2*1-3,12,17H,4-11,13-16H2,(H,32,33)(H,34,35)(H,36,37);8*1H;. The van der Waals surface area contributed by atoms with Crippen molar-refractivity contribution in [2.75, 3.05) is 144 Å². The van der Waals surface area contributed by atoms with Crippen molar-refractivity contribution in [3.8, 4) is 22.8 Å². The summed E-state index contributed by atoms with van der Waals surface area (Å²) < 4.78 is 0. The molecule has 0 saturated carbocycles. The first-order valence-electron chi connectivity index (χ1n) is 23.8. The average molecular weight is 1460 g/mol. The molecule has 28 nitrogen and oxygen atoms in total. The second-order valence-corrected chi connectivity index (χ2v) is 17.6. The van der Waals surface area contributed by atoms with Crippen LogP contribution in [0, 0.1) is 35.6 Å². The molecule has 6 rings (SSSR count). The number of aliphatic carboxylic acids is 6. The molecule has 4 aromatic rings. The van der Waals surface area contributed by atoms with Crippen LogP contribution in [0.4, 0.5) is 0 Å². The first-order chi connectivity index (χ1) is 35.6. The number of aromatic nitrogens is 8. The molecule has 37 heteroatoms. The number of halogens is 8. The minimum Gasteiger partial charge on any atom is -0.480 e. The number of hydrogen-bond acceptors (Lipinski definition) is 22. The third kappa shape index (κ3) is 36.2. The molecule has 0 bridgehead atoms. The van der Waals surface area contributed by atoms with Crippen molar-refractivity contribution in [2.24, 2.45) is 0 Å². The predicted molar refractivity (Wildman–Crippen MR) is 319 cm³/mol. The molecule has 6 heterocycles. The van der Waals surface area contributed by atoms with Gasteiger partial charge < -0.3 is 30.6 Å². The van der Waals surface area contributed by atoms with Crippen LogP contribution >= 0.6 is 99.3 Å². The first kappa shape index (κ1) is 88.1. The maximum absolute atomic E-state index is 11.4. The zero-order valence-electron chi connectivity index (χ0n) is 44.9. The molecular weight excluding hydrogens is 1390 g/mol. The molecule has 0 aromatic carbocycles. The molecule has 1 radical (unpaired) electrons. The van der Waals surface area contributed by atoms with E-state index in [1.165, 1.54) is 25.0 Å². The zero-order chi connectivity index (χ0) is 53.2. The molecule has 2 fully saturated rings. The van der Waals surface area contributed by atoms with Gasteiger partial charge in [0.15, 0.2) is 0 Å². The Kier molecular flexibility index (Phi) is 51.4. The Hall–Kier alpha value is -3.67. The Labute approximate surface area is 557 Å². The smallest absolute Gasteiger partial charge is 0.317 e. The number of carboxylic acids is 6. The number of carboxylic acid groups (broad SMARTS) is 6. The molecule has 2 aliphatic rings. The van der Waals surface area contributed by atoms with Crippen LogP contribution in [-0.2, 0) is 41.9 Å². The van der Waals surface area contributed by atoms with Gasteiger partial charge in [0, 0.05) is 153 Å². The largest absolute Gasteiger partial charge is 0.480 e. The van der Waals surface area contributed by atoms with Crippen molar-refractivity contribution in [1.29, 1.82) is 0 Å². The summed E-state index contributed by atoms with van der Waals surface area (Å²) in [6, 6.07) is 11.2. The minimum absolute atomic E-state index is 0. The van der Waals surface area contributed by atoms with Gasteiger partial charge in [0.25, 0.3) is 0 Å². The molecule has 2 aliphatic heterocycles. The van der Waals surface area contributed by atoms with Crippen LogP contribution in [0.1, 0.15) is 11.4 Å². The van der Waals surface area contributed by atoms with Gasteiger partial charge in [-0.3, -0.25) is 68.0 Å². The molecule has 0 amide bonds. The van der Waals surface area contributed by atoms with Crippen LogP contribution < -0.4 is 0 Å². The molecule has 83 heavy (non-hydrogen) atoms. The Morgan fingerprint density at radius 1 is 0.325 bits per heavy atom. The van der Waals surface area contributed by atoms with Crippen molar-refractivity contribution in [3.05, 3.63) is 72.8 Å². The van der Waals surface area contributed by atoms with E-state index in [1.807, 2.05) is 36.4 Å². The first-order valence-corrected chi connectivity index (χ1v) is 23.8. The molecule has 4 aromatic heterocycles. The number of rotatable bonds is 18. The van der Waals surface area contributed by atoms with Crippen molar-refractivity contribution in [2.45, 2.75) is 13.1 Å². The average Bonchev–Trinajstić information content (AvgIpc) is 3.35. The number of pyridine rings is 2. The summed E-state index contributed by atoms with van der Waals surface area (Å²) in [6.07, 6.45) is 5.77. The second-order valence-electron chi connectivity index (χ2n) is 17.6. The van der Waals surface area contributed by atoms with E-state index in [0.717, 1.165) is 11.4 Å². The Morgan fingerprint density at radius 2 is 0.542 bits per heavy atom. The Morgan fingerprint density at radius 3 is 0.735 bits per heavy atom. The van der Waals surface area contributed by atoms with Crippen LogP contribution in [0.25, 0.3) is 22.8 Å². The topological polar surface area (TPSA) is 353 Å². The van der Waals surface area contributed by atoms with Crippen LogP contribution in [0.3, 0.4) is 0 Å². The molecule has 0 atom stereocenters. The predicted octanol–water partition coefficient (Wildman–Crippen LogP) is 1.19. The SMILES string of the molecule is Cl.Cl.Cl.Cl.Cl.Cl.Cl.Cl.O=C(O)CN1CCN(CC(=O)O)CCN(Cc2cccc(-c3cnncn3)n2)CCN(CC(=O)O)CC1.O=C(O)CN1CCN(CC(=O)O)CCN(Cc2cccc(-c3cnncn3)n2)CCN(CC(=O)O)CC1.[La]. The molecule has 0 aliphatic carbocycles. The Balaban J connectivity index is -0.000000441. The second kappa shape index (κ2) is 48.4. The summed E-state index contributed by atoms with van der Waals surface area (Å²) in [5, 5.41) is 71.1. The summed E-state index contributed by atoms with van der Waals surface area (Å²) in [5.41, 5.74) is 4.06. The maximum Gasteiger partial charge on any atom is 0.317 e. The maximum atomic E-state index is 11.4. The van der Waals surface area contributed by atoms with Crippen LogP contribution in [-0.4, -0.2) is 290 Å². The summed E-state index contributed by atoms with van der Waals surface area (Å²) >= 11 is 0. The van der Waals surface area contributed by atoms with Crippen molar-refractivity contribution >= 4 is 135 Å². The number of hydrogen-bond donors (Lipinski definition) is 6. The van der Waals surface area contributed by atoms with E-state index in [9.17, 15) is 59.4 Å². The van der Waals surface area contributed by atoms with E-state index in [4.69, 9.17) is 0 Å². The van der Waals surface area contributed by atoms with Gasteiger partial charge >= 0.3 is 35.8 Å². The molecule has 0 unspecified atom stereocenters. The molecular formula is C46H72Cl8LaN16O12. The van der Waals surface area contributed by atoms with Crippen molar-refractivity contribution in [1.82, 2.24) is 79.5 Å². The third-order valence-electron chi connectivity index (χ3n) is 11.9. The molecule has 467 valence electrons. The van der Waals surface area contributed by atoms with Gasteiger partial charge in [0.05, 0.1) is 74.4 Å². The van der Waals surface area contributed by atoms with Crippen LogP contribution in [0.15, 0.2) is 61.4 Å². The van der Waals surface area contributed by atoms with Gasteiger partial charge in [0.1, 0.15) is 24.0 Å². The quantitative estimate of drug-likeness (QED) is 0.0815. The van der Waals surface area contributed by atoms with Crippen molar-refractivity contribution < 1.29 is 95.0 Å². The number of nitrogens with zero attached hydrogens (tertiary/aromatic N) is 16. The van der Waals surface area contributed by atoms with Gasteiger partial charge in [-0.15, -0.1) is 109 Å². The molecule has 6 N–H and O–H groups in total. The summed E-state index contributed by atoms with van der Waals surface area (Å²) in [7, 11) is 0. The van der Waals surface area contributed by atoms with Crippen LogP contribution in [0.2, 0.25) is 0 Å². The van der Waals surface area contributed by atoms with E-state index in [1.54, 1.807) is 29.4 Å². The Bertz CT molecular complexity index is 2230. The molecule has 2 saturated heterocycles. The van der Waals surface area contributed by atoms with E-state index in [0.29, 0.717) is 141 Å². The van der Waals surface area contributed by atoms with E-state index >= 15 is 0 Å². The van der Waals surface area contributed by atoms with E-state index in [2.05, 4.69) is 50.1 Å². The normalized spacial score (nSPS) is 15.6. The zero-order valence-corrected chi connectivity index (χ0v) is 55.0. The fourth-order valence-corrected chi connectivity index (χ4v) is 8.19. The summed E-state index contributed by atoms with van der Waals surface area (Å²) in [5.74, 6) is -5.79. The van der Waals surface area contributed by atoms with Gasteiger partial charge in [-0.1, -0.05) is 12.1 Å². The minimum atomic E-state index is -0.986. The van der Waals surface area contributed by atoms with Gasteiger partial charge in [0.2, 0.25) is 0 Å². The monoisotopic (exact) mass is 1460 g/mol. The third-order valence-corrected chi connectivity index (χ3v) is 11.9. The summed E-state index contributed by atoms with van der Waals surface area (Å²) in [6.45, 7) is 6.72. The van der Waals surface area contributed by atoms with Crippen LogP contribution in [0.5, 0.6) is 0 Å². The van der Waals surface area contributed by atoms with Gasteiger partial charge in [-0.25, -0.2) is 19.9 Å². The molecule has 0 spiro atoms.